The maximum absolute atomic E-state index is 12.5. The third kappa shape index (κ3) is 4.53. The molecule has 156 valence electrons. The monoisotopic (exact) mass is 412 g/mol. The number of nitrogens with one attached hydrogen (secondary N) is 1. The number of carbonyl (C=O) groups is 2. The lowest BCUT2D eigenvalue weighted by atomic mass is 10.1. The molecule has 0 atom stereocenters. The minimum atomic E-state index is -0.237. The molecule has 31 heavy (non-hydrogen) atoms. The van der Waals surface area contributed by atoms with Crippen LogP contribution in [0.5, 0.6) is 0 Å². The van der Waals surface area contributed by atoms with E-state index in [0.29, 0.717) is 17.2 Å². The molecule has 0 unspecified atom stereocenters. The number of Topliss-reactive ketones (excluding diaryl/α,β-unsaturated/α-hetero) is 1. The van der Waals surface area contributed by atoms with Gasteiger partial charge in [-0.1, -0.05) is 48.0 Å². The molecule has 2 aromatic heterocycles. The van der Waals surface area contributed by atoms with E-state index in [1.54, 1.807) is 22.9 Å². The van der Waals surface area contributed by atoms with E-state index in [1.807, 2.05) is 63.2 Å². The zero-order valence-corrected chi connectivity index (χ0v) is 17.8. The highest BCUT2D eigenvalue weighted by Gasteiger charge is 2.15. The number of fused-ring (bicyclic) bond motifs is 1. The number of hydrogen-bond acceptors (Lipinski definition) is 4. The molecule has 0 aliphatic heterocycles. The smallest absolute Gasteiger partial charge is 0.225 e. The number of hydrogen-bond donors (Lipinski definition) is 1. The van der Waals surface area contributed by atoms with Crippen molar-refractivity contribution in [3.05, 3.63) is 83.0 Å². The summed E-state index contributed by atoms with van der Waals surface area (Å²) in [5.74, 6) is 0.883. The van der Waals surface area contributed by atoms with Crippen molar-refractivity contribution in [1.29, 1.82) is 0 Å². The van der Waals surface area contributed by atoms with Gasteiger partial charge < -0.3 is 5.32 Å². The Kier molecular flexibility index (Phi) is 5.62. The van der Waals surface area contributed by atoms with Gasteiger partial charge in [-0.05, 0) is 38.5 Å². The predicted octanol–water partition coefficient (Wildman–Crippen LogP) is 4.95. The summed E-state index contributed by atoms with van der Waals surface area (Å²) >= 11 is 0. The van der Waals surface area contributed by atoms with Crippen LogP contribution in [-0.4, -0.2) is 26.5 Å². The summed E-state index contributed by atoms with van der Waals surface area (Å²) in [6.45, 7) is 5.86. The molecule has 0 fully saturated rings. The van der Waals surface area contributed by atoms with E-state index in [-0.39, 0.29) is 24.5 Å². The van der Waals surface area contributed by atoms with E-state index >= 15 is 0 Å². The molecule has 2 aromatic carbocycles. The van der Waals surface area contributed by atoms with Gasteiger partial charge in [-0.2, -0.15) is 9.78 Å². The van der Waals surface area contributed by atoms with Crippen LogP contribution in [0.3, 0.4) is 0 Å². The lowest BCUT2D eigenvalue weighted by Crippen LogP contribution is -2.16. The third-order valence-electron chi connectivity index (χ3n) is 5.18. The van der Waals surface area contributed by atoms with Crippen molar-refractivity contribution in [3.8, 4) is 5.82 Å². The van der Waals surface area contributed by atoms with Gasteiger partial charge in [0.15, 0.2) is 11.6 Å². The van der Waals surface area contributed by atoms with E-state index < -0.39 is 0 Å². The van der Waals surface area contributed by atoms with Crippen LogP contribution >= 0.6 is 0 Å². The number of carbonyl (C=O) groups excluding carboxylic acids is 2. The summed E-state index contributed by atoms with van der Waals surface area (Å²) in [6.07, 6.45) is 0.246. The largest absolute Gasteiger partial charge is 0.311 e. The summed E-state index contributed by atoms with van der Waals surface area (Å²) in [7, 11) is 0. The van der Waals surface area contributed by atoms with Gasteiger partial charge in [0, 0.05) is 29.9 Å². The molecule has 4 aromatic rings. The highest BCUT2D eigenvalue weighted by atomic mass is 16.2. The first-order valence-corrected chi connectivity index (χ1v) is 10.2. The molecule has 0 aliphatic carbocycles. The lowest BCUT2D eigenvalue weighted by molar-refractivity contribution is -0.116. The fraction of sp³-hybridized carbons (Fsp3) is 0.200. The zero-order chi connectivity index (χ0) is 22.0. The van der Waals surface area contributed by atoms with Gasteiger partial charge in [-0.25, -0.2) is 4.98 Å². The van der Waals surface area contributed by atoms with Gasteiger partial charge >= 0.3 is 0 Å². The predicted molar refractivity (Wildman–Crippen MR) is 122 cm³/mol. The van der Waals surface area contributed by atoms with Crippen LogP contribution in [0.1, 0.15) is 40.0 Å². The second-order valence-electron chi connectivity index (χ2n) is 7.73. The van der Waals surface area contributed by atoms with Crippen LogP contribution in [0.25, 0.3) is 16.7 Å². The molecule has 0 radical (unpaired) electrons. The minimum Gasteiger partial charge on any atom is -0.311 e. The van der Waals surface area contributed by atoms with Crippen LogP contribution in [0.4, 0.5) is 5.82 Å². The van der Waals surface area contributed by atoms with Crippen LogP contribution in [0.15, 0.2) is 60.7 Å². The van der Waals surface area contributed by atoms with E-state index in [4.69, 9.17) is 4.98 Å². The van der Waals surface area contributed by atoms with Crippen molar-refractivity contribution >= 4 is 28.4 Å². The molecule has 0 aliphatic rings. The summed E-state index contributed by atoms with van der Waals surface area (Å²) in [4.78, 5) is 29.6. The van der Waals surface area contributed by atoms with Crippen molar-refractivity contribution in [1.82, 2.24) is 14.8 Å². The fourth-order valence-corrected chi connectivity index (χ4v) is 3.52. The number of benzene rings is 2. The van der Waals surface area contributed by atoms with Crippen molar-refractivity contribution in [2.75, 3.05) is 5.32 Å². The van der Waals surface area contributed by atoms with Crippen LogP contribution in [-0.2, 0) is 4.79 Å². The maximum atomic E-state index is 12.5. The second kappa shape index (κ2) is 8.52. The normalized spacial score (nSPS) is 10.9. The Morgan fingerprint density at radius 1 is 0.935 bits per heavy atom. The molecule has 0 saturated heterocycles. The Bertz CT molecular complexity index is 1270. The number of pyridine rings is 1. The van der Waals surface area contributed by atoms with Gasteiger partial charge in [-0.3, -0.25) is 9.59 Å². The first-order valence-electron chi connectivity index (χ1n) is 10.2. The first kappa shape index (κ1) is 20.5. The number of ketones is 1. The molecule has 6 heteroatoms. The summed E-state index contributed by atoms with van der Waals surface area (Å²) in [5.41, 5.74) is 4.42. The standard InChI is InChI=1S/C25H24N4O2/c1-16-8-10-19(11-9-16)22(30)12-13-25(31)27-24-15-18(3)28-29(24)23-14-17(2)20-6-4-5-7-21(20)26-23/h4-11,14-15H,12-13H2,1-3H3,(H,27,31). The molecule has 0 bridgehead atoms. The first-order chi connectivity index (χ1) is 14.9. The molecule has 1 amide bonds. The quantitative estimate of drug-likeness (QED) is 0.455. The van der Waals surface area contributed by atoms with Crippen molar-refractivity contribution < 1.29 is 9.59 Å². The van der Waals surface area contributed by atoms with Crippen molar-refractivity contribution in [2.24, 2.45) is 0 Å². The van der Waals surface area contributed by atoms with Crippen LogP contribution in [0.2, 0.25) is 0 Å². The number of nitrogens with zero attached hydrogens (tertiary/aromatic N) is 3. The summed E-state index contributed by atoms with van der Waals surface area (Å²) in [5, 5.41) is 8.47. The SMILES string of the molecule is Cc1ccc(C(=O)CCC(=O)Nc2cc(C)nn2-c2cc(C)c3ccccc3n2)cc1. The van der Waals surface area contributed by atoms with Gasteiger partial charge in [-0.15, -0.1) is 0 Å². The number of para-hydroxylation sites is 1. The third-order valence-corrected chi connectivity index (χ3v) is 5.18. The molecule has 2 heterocycles. The minimum absolute atomic E-state index is 0.0494. The van der Waals surface area contributed by atoms with E-state index in [0.717, 1.165) is 27.7 Å². The van der Waals surface area contributed by atoms with Gasteiger partial charge in [0.05, 0.1) is 11.2 Å². The van der Waals surface area contributed by atoms with E-state index in [9.17, 15) is 9.59 Å². The number of anilines is 1. The molecular formula is C25H24N4O2. The van der Waals surface area contributed by atoms with Gasteiger partial charge in [0.1, 0.15) is 5.82 Å². The van der Waals surface area contributed by atoms with Gasteiger partial charge in [0.25, 0.3) is 0 Å². The Hall–Kier alpha value is -3.80. The average molecular weight is 412 g/mol. The summed E-state index contributed by atoms with van der Waals surface area (Å²) in [6, 6.07) is 19.0. The molecule has 0 saturated carbocycles. The van der Waals surface area contributed by atoms with Crippen molar-refractivity contribution in [3.63, 3.8) is 0 Å². The summed E-state index contributed by atoms with van der Waals surface area (Å²) < 4.78 is 1.63. The van der Waals surface area contributed by atoms with E-state index in [2.05, 4.69) is 10.4 Å². The lowest BCUT2D eigenvalue weighted by Gasteiger charge is -2.10. The number of amides is 1. The molecule has 1 N–H and O–H groups in total. The Morgan fingerprint density at radius 2 is 1.68 bits per heavy atom. The second-order valence-corrected chi connectivity index (χ2v) is 7.73. The average Bonchev–Trinajstić information content (AvgIpc) is 3.12. The number of aromatic nitrogens is 3. The van der Waals surface area contributed by atoms with Crippen LogP contribution in [0, 0.1) is 20.8 Å². The zero-order valence-electron chi connectivity index (χ0n) is 17.8. The van der Waals surface area contributed by atoms with E-state index in [1.165, 1.54) is 0 Å². The molecule has 0 spiro atoms. The Balaban J connectivity index is 1.50. The highest BCUT2D eigenvalue weighted by Crippen LogP contribution is 2.22. The Labute approximate surface area is 180 Å². The molecular weight excluding hydrogens is 388 g/mol. The Morgan fingerprint density at radius 3 is 2.45 bits per heavy atom. The fourth-order valence-electron chi connectivity index (χ4n) is 3.52. The highest BCUT2D eigenvalue weighted by molar-refractivity contribution is 6.00. The van der Waals surface area contributed by atoms with Crippen molar-refractivity contribution in [2.45, 2.75) is 33.6 Å². The van der Waals surface area contributed by atoms with Gasteiger partial charge in [0.2, 0.25) is 5.91 Å². The topological polar surface area (TPSA) is 76.9 Å². The number of aryl methyl sites for hydroxylation is 3. The van der Waals surface area contributed by atoms with Crippen LogP contribution < -0.4 is 5.32 Å². The molecule has 4 rings (SSSR count). The number of rotatable bonds is 6. The molecule has 6 nitrogen and oxygen atoms in total. The maximum Gasteiger partial charge on any atom is 0.225 e.